The number of rotatable bonds is 7. The van der Waals surface area contributed by atoms with Crippen LogP contribution in [0.15, 0.2) is 66.7 Å². The van der Waals surface area contributed by atoms with E-state index >= 15 is 0 Å². The van der Waals surface area contributed by atoms with E-state index in [2.05, 4.69) is 6.07 Å². The van der Waals surface area contributed by atoms with Crippen molar-refractivity contribution in [2.45, 2.75) is 39.3 Å². The summed E-state index contributed by atoms with van der Waals surface area (Å²) in [6, 6.07) is 20.0. The van der Waals surface area contributed by atoms with E-state index in [4.69, 9.17) is 4.74 Å². The molecule has 0 radical (unpaired) electrons. The van der Waals surface area contributed by atoms with Gasteiger partial charge in [0, 0.05) is 11.1 Å². The molecule has 0 spiro atoms. The molecule has 3 aromatic carbocycles. The zero-order valence-corrected chi connectivity index (χ0v) is 18.6. The summed E-state index contributed by atoms with van der Waals surface area (Å²) in [5.74, 6) is -0.102. The molecular weight excluding hydrogens is 402 g/mol. The number of amides is 1. The van der Waals surface area contributed by atoms with Crippen LogP contribution >= 0.6 is 0 Å². The van der Waals surface area contributed by atoms with Crippen molar-refractivity contribution in [1.82, 2.24) is 0 Å². The molecular formula is C27H27NO4. The molecule has 32 heavy (non-hydrogen) atoms. The van der Waals surface area contributed by atoms with Crippen molar-refractivity contribution >= 4 is 17.4 Å². The summed E-state index contributed by atoms with van der Waals surface area (Å²) < 4.78 is 5.42. The molecule has 0 fully saturated rings. The van der Waals surface area contributed by atoms with Crippen LogP contribution in [0.3, 0.4) is 0 Å². The van der Waals surface area contributed by atoms with Gasteiger partial charge in [-0.25, -0.2) is 0 Å². The quantitative estimate of drug-likeness (QED) is 0.553. The fraction of sp³-hybridized carbons (Fsp3) is 0.259. The molecule has 5 heteroatoms. The highest BCUT2D eigenvalue weighted by atomic mass is 16.5. The van der Waals surface area contributed by atoms with E-state index in [0.29, 0.717) is 35.7 Å². The molecule has 3 aromatic rings. The van der Waals surface area contributed by atoms with Gasteiger partial charge in [-0.2, -0.15) is 0 Å². The monoisotopic (exact) mass is 429 g/mol. The maximum Gasteiger partial charge on any atom is 0.264 e. The van der Waals surface area contributed by atoms with Gasteiger partial charge >= 0.3 is 0 Å². The highest BCUT2D eigenvalue weighted by Crippen LogP contribution is 2.43. The minimum absolute atomic E-state index is 0.299. The fourth-order valence-corrected chi connectivity index (χ4v) is 4.27. The Hall–Kier alpha value is -3.44. The first-order valence-electron chi connectivity index (χ1n) is 10.8. The maximum absolute atomic E-state index is 13.5. The third-order valence-corrected chi connectivity index (χ3v) is 5.97. The molecule has 0 aliphatic carbocycles. The Kier molecular flexibility index (Phi) is 5.85. The predicted octanol–water partition coefficient (Wildman–Crippen LogP) is 4.71. The number of ether oxygens (including phenoxy) is 1. The molecule has 0 saturated heterocycles. The van der Waals surface area contributed by atoms with E-state index in [1.165, 1.54) is 0 Å². The number of para-hydroxylation sites is 1. The van der Waals surface area contributed by atoms with Crippen LogP contribution in [0.4, 0.5) is 5.69 Å². The first kappa shape index (κ1) is 21.8. The van der Waals surface area contributed by atoms with E-state index in [-0.39, 0.29) is 12.2 Å². The molecule has 1 aliphatic heterocycles. The van der Waals surface area contributed by atoms with E-state index < -0.39 is 11.5 Å². The van der Waals surface area contributed by atoms with Crippen LogP contribution in [0, 0.1) is 13.8 Å². The molecule has 1 amide bonds. The lowest BCUT2D eigenvalue weighted by Gasteiger charge is -2.23. The minimum atomic E-state index is -1.90. The Morgan fingerprint density at radius 3 is 2.44 bits per heavy atom. The second-order valence-electron chi connectivity index (χ2n) is 8.26. The Morgan fingerprint density at radius 2 is 1.75 bits per heavy atom. The topological polar surface area (TPSA) is 66.8 Å². The van der Waals surface area contributed by atoms with E-state index in [9.17, 15) is 14.7 Å². The summed E-state index contributed by atoms with van der Waals surface area (Å²) in [6.07, 6.45) is -0.319. The number of aryl methyl sites for hydroxylation is 2. The number of fused-ring (bicyclic) bond motifs is 1. The molecule has 4 rings (SSSR count). The predicted molar refractivity (Wildman–Crippen MR) is 124 cm³/mol. The maximum atomic E-state index is 13.5. The van der Waals surface area contributed by atoms with Crippen LogP contribution in [0.5, 0.6) is 5.75 Å². The van der Waals surface area contributed by atoms with Gasteiger partial charge < -0.3 is 14.7 Å². The van der Waals surface area contributed by atoms with Gasteiger partial charge in [-0.15, -0.1) is 0 Å². The lowest BCUT2D eigenvalue weighted by atomic mass is 9.88. The van der Waals surface area contributed by atoms with Crippen molar-refractivity contribution in [3.8, 4) is 5.75 Å². The minimum Gasteiger partial charge on any atom is -0.494 e. The molecule has 0 bridgehead atoms. The average molecular weight is 430 g/mol. The number of aliphatic hydroxyl groups is 1. The van der Waals surface area contributed by atoms with Gasteiger partial charge in [0.2, 0.25) is 0 Å². The van der Waals surface area contributed by atoms with Crippen molar-refractivity contribution in [1.29, 1.82) is 0 Å². The lowest BCUT2D eigenvalue weighted by molar-refractivity contribution is -0.136. The van der Waals surface area contributed by atoms with Crippen molar-refractivity contribution in [3.05, 3.63) is 94.5 Å². The van der Waals surface area contributed by atoms with Gasteiger partial charge in [-0.3, -0.25) is 9.59 Å². The summed E-state index contributed by atoms with van der Waals surface area (Å²) in [5.41, 5.74) is 2.87. The number of carbonyl (C=O) groups excluding carboxylic acids is 2. The Bertz CT molecular complexity index is 1170. The third-order valence-electron chi connectivity index (χ3n) is 5.97. The van der Waals surface area contributed by atoms with Gasteiger partial charge in [-0.05, 0) is 62.2 Å². The van der Waals surface area contributed by atoms with Crippen LogP contribution in [-0.4, -0.2) is 23.4 Å². The molecule has 1 atom stereocenters. The standard InChI is InChI=1S/C27H27NO4/c1-4-32-22-13-11-20(12-14-22)25(29)16-27(31)23-7-5-6-8-24(23)28(26(27)30)17-21-10-9-18(2)15-19(21)3/h5-15,31H,4,16-17H2,1-3H3. The number of Topliss-reactive ketones (excluding diaryl/α,β-unsaturated/α-hetero) is 1. The number of nitrogens with zero attached hydrogens (tertiary/aromatic N) is 1. The smallest absolute Gasteiger partial charge is 0.264 e. The summed E-state index contributed by atoms with van der Waals surface area (Å²) in [5, 5.41) is 11.5. The number of hydrogen-bond donors (Lipinski definition) is 1. The molecule has 1 aliphatic rings. The number of benzene rings is 3. The van der Waals surface area contributed by atoms with Crippen molar-refractivity contribution in [2.24, 2.45) is 0 Å². The van der Waals surface area contributed by atoms with Gasteiger partial charge in [0.15, 0.2) is 11.4 Å². The van der Waals surface area contributed by atoms with Crippen LogP contribution in [0.25, 0.3) is 0 Å². The molecule has 0 aromatic heterocycles. The summed E-state index contributed by atoms with van der Waals surface area (Å²) in [6.45, 7) is 6.80. The Morgan fingerprint density at radius 1 is 1.03 bits per heavy atom. The van der Waals surface area contributed by atoms with E-state index in [0.717, 1.165) is 16.7 Å². The Labute approximate surface area is 188 Å². The number of carbonyl (C=O) groups is 2. The second kappa shape index (κ2) is 8.60. The summed E-state index contributed by atoms with van der Waals surface area (Å²) in [7, 11) is 0. The van der Waals surface area contributed by atoms with E-state index in [1.807, 2.05) is 45.0 Å². The molecule has 0 saturated carbocycles. The number of anilines is 1. The summed E-state index contributed by atoms with van der Waals surface area (Å²) in [4.78, 5) is 28.1. The highest BCUT2D eigenvalue weighted by Gasteiger charge is 2.50. The normalized spacial score (nSPS) is 17.4. The zero-order chi connectivity index (χ0) is 22.9. The highest BCUT2D eigenvalue weighted by molar-refractivity contribution is 6.10. The largest absolute Gasteiger partial charge is 0.494 e. The number of ketones is 1. The van der Waals surface area contributed by atoms with Gasteiger partial charge in [0.25, 0.3) is 5.91 Å². The average Bonchev–Trinajstić information content (AvgIpc) is 2.98. The first-order chi connectivity index (χ1) is 15.3. The van der Waals surface area contributed by atoms with Crippen molar-refractivity contribution in [2.75, 3.05) is 11.5 Å². The van der Waals surface area contributed by atoms with E-state index in [1.54, 1.807) is 41.3 Å². The molecule has 5 nitrogen and oxygen atoms in total. The molecule has 1 N–H and O–H groups in total. The van der Waals surface area contributed by atoms with Crippen molar-refractivity contribution < 1.29 is 19.4 Å². The fourth-order valence-electron chi connectivity index (χ4n) is 4.27. The SMILES string of the molecule is CCOc1ccc(C(=O)CC2(O)C(=O)N(Cc3ccc(C)cc3C)c3ccccc32)cc1. The lowest BCUT2D eigenvalue weighted by Crippen LogP contribution is -2.41. The molecule has 164 valence electrons. The van der Waals surface area contributed by atoms with Gasteiger partial charge in [0.1, 0.15) is 5.75 Å². The van der Waals surface area contributed by atoms with Crippen molar-refractivity contribution in [3.63, 3.8) is 0 Å². The molecule has 1 unspecified atom stereocenters. The third kappa shape index (κ3) is 3.92. The van der Waals surface area contributed by atoms with Gasteiger partial charge in [0.05, 0.1) is 25.3 Å². The summed E-state index contributed by atoms with van der Waals surface area (Å²) >= 11 is 0. The van der Waals surface area contributed by atoms with Gasteiger partial charge in [-0.1, -0.05) is 42.0 Å². The Balaban J connectivity index is 1.63. The second-order valence-corrected chi connectivity index (χ2v) is 8.26. The first-order valence-corrected chi connectivity index (χ1v) is 10.8. The van der Waals surface area contributed by atoms with Crippen LogP contribution < -0.4 is 9.64 Å². The van der Waals surface area contributed by atoms with Crippen LogP contribution in [-0.2, 0) is 16.9 Å². The molecule has 1 heterocycles. The zero-order valence-electron chi connectivity index (χ0n) is 18.6. The van der Waals surface area contributed by atoms with Crippen LogP contribution in [0.1, 0.15) is 46.0 Å². The van der Waals surface area contributed by atoms with Crippen LogP contribution in [0.2, 0.25) is 0 Å². The number of hydrogen-bond acceptors (Lipinski definition) is 4.